The van der Waals surface area contributed by atoms with E-state index in [1.165, 1.54) is 4.88 Å². The van der Waals surface area contributed by atoms with Crippen molar-refractivity contribution in [3.8, 4) is 17.2 Å². The van der Waals surface area contributed by atoms with E-state index < -0.39 is 0 Å². The number of hydrogen-bond acceptors (Lipinski definition) is 6. The van der Waals surface area contributed by atoms with Gasteiger partial charge in [-0.3, -0.25) is 4.79 Å². The van der Waals surface area contributed by atoms with Crippen LogP contribution >= 0.6 is 11.3 Å². The summed E-state index contributed by atoms with van der Waals surface area (Å²) < 4.78 is 16.3. The maximum Gasteiger partial charge on any atom is 0.259 e. The summed E-state index contributed by atoms with van der Waals surface area (Å²) >= 11 is 1.60. The van der Waals surface area contributed by atoms with E-state index in [0.717, 1.165) is 53.1 Å². The van der Waals surface area contributed by atoms with Gasteiger partial charge in [0.1, 0.15) is 5.00 Å². The monoisotopic (exact) mass is 464 g/mol. The van der Waals surface area contributed by atoms with Crippen molar-refractivity contribution in [2.45, 2.75) is 32.6 Å². The first-order valence-electron chi connectivity index (χ1n) is 10.9. The average molecular weight is 465 g/mol. The summed E-state index contributed by atoms with van der Waals surface area (Å²) in [7, 11) is 4.74. The zero-order chi connectivity index (χ0) is 23.4. The second-order valence-electron chi connectivity index (χ2n) is 7.93. The third kappa shape index (κ3) is 4.88. The fourth-order valence-electron chi connectivity index (χ4n) is 4.10. The van der Waals surface area contributed by atoms with Gasteiger partial charge in [-0.05, 0) is 68.0 Å². The minimum absolute atomic E-state index is 0.114. The van der Waals surface area contributed by atoms with Gasteiger partial charge in [0.05, 0.1) is 26.9 Å². The Morgan fingerprint density at radius 2 is 1.76 bits per heavy atom. The summed E-state index contributed by atoms with van der Waals surface area (Å²) in [6.07, 6.45) is 5.87. The van der Waals surface area contributed by atoms with Crippen molar-refractivity contribution in [2.75, 3.05) is 26.6 Å². The number of ether oxygens (including phenoxy) is 3. The molecule has 0 saturated carbocycles. The summed E-state index contributed by atoms with van der Waals surface area (Å²) in [6.45, 7) is 2.01. The number of nitrogens with one attached hydrogen (secondary N) is 1. The first-order valence-corrected chi connectivity index (χ1v) is 11.7. The average Bonchev–Trinajstić information content (AvgIpc) is 3.20. The van der Waals surface area contributed by atoms with Crippen molar-refractivity contribution in [1.29, 1.82) is 0 Å². The molecule has 2 aromatic carbocycles. The predicted molar refractivity (Wildman–Crippen MR) is 133 cm³/mol. The molecule has 4 rings (SSSR count). The number of carbonyl (C=O) groups excluding carboxylic acids is 1. The standard InChI is InChI=1S/C26H28N2O4S/c1-16-8-7-9-18(12-16)28-25(29)23-19-10-5-6-11-22(19)33-26(23)27-15-17-13-20(30-2)24(32-4)21(14-17)31-3/h7-9,12-15H,5-6,10-11H2,1-4H3,(H,28,29)/b27-15+. The molecular weight excluding hydrogens is 436 g/mol. The van der Waals surface area contributed by atoms with Crippen LogP contribution in [0.5, 0.6) is 17.2 Å². The van der Waals surface area contributed by atoms with Crippen LogP contribution in [0.2, 0.25) is 0 Å². The number of methoxy groups -OCH3 is 3. The van der Waals surface area contributed by atoms with Crippen LogP contribution in [0, 0.1) is 6.92 Å². The Kier molecular flexibility index (Phi) is 6.99. The third-order valence-electron chi connectivity index (χ3n) is 5.67. The Balaban J connectivity index is 1.70. The van der Waals surface area contributed by atoms with Crippen LogP contribution < -0.4 is 19.5 Å². The van der Waals surface area contributed by atoms with Gasteiger partial charge in [0.2, 0.25) is 5.75 Å². The smallest absolute Gasteiger partial charge is 0.259 e. The number of anilines is 1. The number of carbonyl (C=O) groups is 1. The number of aliphatic imine (C=N–C) groups is 1. The lowest BCUT2D eigenvalue weighted by Crippen LogP contribution is -2.14. The molecule has 0 bridgehead atoms. The number of aryl methyl sites for hydroxylation is 2. The molecular formula is C26H28N2O4S. The maximum absolute atomic E-state index is 13.3. The summed E-state index contributed by atoms with van der Waals surface area (Å²) in [4.78, 5) is 19.3. The Labute approximate surface area is 198 Å². The molecule has 0 aliphatic heterocycles. The number of thiophene rings is 1. The Bertz CT molecular complexity index is 1170. The van der Waals surface area contributed by atoms with Crippen molar-refractivity contribution in [2.24, 2.45) is 4.99 Å². The van der Waals surface area contributed by atoms with Crippen LogP contribution in [0.4, 0.5) is 10.7 Å². The van der Waals surface area contributed by atoms with Gasteiger partial charge >= 0.3 is 0 Å². The Hall–Kier alpha value is -3.32. The van der Waals surface area contributed by atoms with E-state index in [1.807, 2.05) is 43.3 Å². The number of amides is 1. The highest BCUT2D eigenvalue weighted by Gasteiger charge is 2.25. The molecule has 1 amide bonds. The van der Waals surface area contributed by atoms with E-state index in [1.54, 1.807) is 38.9 Å². The van der Waals surface area contributed by atoms with Gasteiger partial charge in [0.25, 0.3) is 5.91 Å². The van der Waals surface area contributed by atoms with Crippen molar-refractivity contribution >= 4 is 34.1 Å². The van der Waals surface area contributed by atoms with Gasteiger partial charge < -0.3 is 19.5 Å². The molecule has 0 spiro atoms. The van der Waals surface area contributed by atoms with E-state index in [9.17, 15) is 4.79 Å². The fraction of sp³-hybridized carbons (Fsp3) is 0.308. The number of fused-ring (bicyclic) bond motifs is 1. The second kappa shape index (κ2) is 10.1. The molecule has 7 heteroatoms. The van der Waals surface area contributed by atoms with Crippen LogP contribution in [0.15, 0.2) is 41.4 Å². The minimum Gasteiger partial charge on any atom is -0.493 e. The molecule has 0 atom stereocenters. The molecule has 0 fully saturated rings. The molecule has 33 heavy (non-hydrogen) atoms. The fourth-order valence-corrected chi connectivity index (χ4v) is 5.33. The van der Waals surface area contributed by atoms with E-state index in [4.69, 9.17) is 19.2 Å². The molecule has 1 heterocycles. The summed E-state index contributed by atoms with van der Waals surface area (Å²) in [5.41, 5.74) is 4.49. The zero-order valence-corrected chi connectivity index (χ0v) is 20.2. The maximum atomic E-state index is 13.3. The van der Waals surface area contributed by atoms with Crippen LogP contribution in [0.3, 0.4) is 0 Å². The molecule has 1 aliphatic carbocycles. The Morgan fingerprint density at radius 3 is 2.42 bits per heavy atom. The van der Waals surface area contributed by atoms with Crippen molar-refractivity contribution < 1.29 is 19.0 Å². The van der Waals surface area contributed by atoms with Gasteiger partial charge in [-0.15, -0.1) is 11.3 Å². The lowest BCUT2D eigenvalue weighted by atomic mass is 9.95. The van der Waals surface area contributed by atoms with E-state index in [-0.39, 0.29) is 5.91 Å². The lowest BCUT2D eigenvalue weighted by molar-refractivity contribution is 0.102. The molecule has 0 saturated heterocycles. The number of rotatable bonds is 7. The summed E-state index contributed by atoms with van der Waals surface area (Å²) in [5, 5.41) is 3.79. The highest BCUT2D eigenvalue weighted by molar-refractivity contribution is 7.16. The van der Waals surface area contributed by atoms with Gasteiger partial charge in [0.15, 0.2) is 11.5 Å². The molecule has 1 N–H and O–H groups in total. The van der Waals surface area contributed by atoms with Crippen molar-refractivity contribution in [1.82, 2.24) is 0 Å². The zero-order valence-electron chi connectivity index (χ0n) is 19.4. The van der Waals surface area contributed by atoms with E-state index >= 15 is 0 Å². The second-order valence-corrected chi connectivity index (χ2v) is 9.02. The van der Waals surface area contributed by atoms with Gasteiger partial charge in [-0.2, -0.15) is 0 Å². The van der Waals surface area contributed by atoms with Crippen molar-refractivity contribution in [3.63, 3.8) is 0 Å². The highest BCUT2D eigenvalue weighted by Crippen LogP contribution is 2.41. The third-order valence-corrected chi connectivity index (χ3v) is 6.87. The van der Waals surface area contributed by atoms with Crippen LogP contribution in [0.1, 0.15) is 44.8 Å². The molecule has 0 radical (unpaired) electrons. The van der Waals surface area contributed by atoms with Crippen molar-refractivity contribution in [3.05, 3.63) is 63.5 Å². The lowest BCUT2D eigenvalue weighted by Gasteiger charge is -2.13. The van der Waals surface area contributed by atoms with Crippen LogP contribution in [-0.2, 0) is 12.8 Å². The Morgan fingerprint density at radius 1 is 1.03 bits per heavy atom. The molecule has 1 aliphatic rings. The normalized spacial score (nSPS) is 13.0. The molecule has 6 nitrogen and oxygen atoms in total. The SMILES string of the molecule is COc1cc(/C=N/c2sc3c(c2C(=O)Nc2cccc(C)c2)CCCC3)cc(OC)c1OC. The molecule has 3 aromatic rings. The number of benzene rings is 2. The first-order chi connectivity index (χ1) is 16.0. The molecule has 0 unspecified atom stereocenters. The van der Waals surface area contributed by atoms with Crippen LogP contribution in [-0.4, -0.2) is 33.5 Å². The van der Waals surface area contributed by atoms with E-state index in [2.05, 4.69) is 5.32 Å². The van der Waals surface area contributed by atoms with Gasteiger partial charge in [0, 0.05) is 22.3 Å². The highest BCUT2D eigenvalue weighted by atomic mass is 32.1. The summed E-state index contributed by atoms with van der Waals surface area (Å²) in [5.74, 6) is 1.53. The molecule has 1 aromatic heterocycles. The minimum atomic E-state index is -0.114. The molecule has 172 valence electrons. The number of nitrogens with zero attached hydrogens (tertiary/aromatic N) is 1. The summed E-state index contributed by atoms with van der Waals surface area (Å²) in [6, 6.07) is 11.5. The van der Waals surface area contributed by atoms with Gasteiger partial charge in [-0.1, -0.05) is 12.1 Å². The van der Waals surface area contributed by atoms with Crippen LogP contribution in [0.25, 0.3) is 0 Å². The predicted octanol–water partition coefficient (Wildman–Crippen LogP) is 5.96. The number of hydrogen-bond donors (Lipinski definition) is 1. The quantitative estimate of drug-likeness (QED) is 0.438. The largest absolute Gasteiger partial charge is 0.493 e. The first kappa shape index (κ1) is 22.9. The van der Waals surface area contributed by atoms with Gasteiger partial charge in [-0.25, -0.2) is 4.99 Å². The van der Waals surface area contributed by atoms with E-state index in [0.29, 0.717) is 22.8 Å². The topological polar surface area (TPSA) is 69.2 Å².